The number of halogens is 1. The summed E-state index contributed by atoms with van der Waals surface area (Å²) in [7, 11) is 1.30. The molecule has 0 N–H and O–H groups in total. The lowest BCUT2D eigenvalue weighted by Gasteiger charge is -2.12. The molecule has 128 valence electrons. The van der Waals surface area contributed by atoms with Gasteiger partial charge in [-0.05, 0) is 46.1 Å². The largest absolute Gasteiger partial charge is 0.481 e. The van der Waals surface area contributed by atoms with Crippen molar-refractivity contribution in [3.63, 3.8) is 0 Å². The van der Waals surface area contributed by atoms with E-state index in [1.165, 1.54) is 18.9 Å². The molecule has 0 spiro atoms. The van der Waals surface area contributed by atoms with Gasteiger partial charge >= 0.3 is 5.97 Å². The van der Waals surface area contributed by atoms with Gasteiger partial charge in [-0.1, -0.05) is 37.0 Å². The van der Waals surface area contributed by atoms with Crippen LogP contribution in [0.4, 0.5) is 0 Å². The van der Waals surface area contributed by atoms with Crippen LogP contribution >= 0.6 is 39.9 Å². The van der Waals surface area contributed by atoms with Crippen molar-refractivity contribution in [3.05, 3.63) is 33.1 Å². The molecule has 2 rings (SSSR count). The van der Waals surface area contributed by atoms with E-state index in [-0.39, 0.29) is 12.5 Å². The molecule has 0 bridgehead atoms. The fraction of sp³-hybridized carbons (Fsp3) is 0.312. The second-order valence-electron chi connectivity index (χ2n) is 4.89. The van der Waals surface area contributed by atoms with Gasteiger partial charge in [-0.15, -0.1) is 0 Å². The maximum atomic E-state index is 12.3. The lowest BCUT2D eigenvalue weighted by Crippen LogP contribution is -2.28. The molecule has 1 saturated heterocycles. The number of thiocarbonyl (C=S) groups is 1. The molecule has 5 nitrogen and oxygen atoms in total. The van der Waals surface area contributed by atoms with Crippen LogP contribution in [0.3, 0.4) is 0 Å². The Hall–Kier alpha value is -1.38. The number of esters is 1. The number of carbonyl (C=O) groups is 2. The Morgan fingerprint density at radius 3 is 2.83 bits per heavy atom. The van der Waals surface area contributed by atoms with E-state index in [4.69, 9.17) is 17.0 Å². The minimum atomic E-state index is -0.453. The molecule has 1 aromatic rings. The van der Waals surface area contributed by atoms with Crippen molar-refractivity contribution in [2.45, 2.75) is 13.3 Å². The summed E-state index contributed by atoms with van der Waals surface area (Å²) in [5.41, 5.74) is 0.837. The van der Waals surface area contributed by atoms with Gasteiger partial charge in [-0.2, -0.15) is 0 Å². The van der Waals surface area contributed by atoms with Gasteiger partial charge < -0.3 is 9.47 Å². The smallest absolute Gasteiger partial charge is 0.343 e. The van der Waals surface area contributed by atoms with Crippen LogP contribution in [0.1, 0.15) is 18.9 Å². The van der Waals surface area contributed by atoms with Crippen molar-refractivity contribution in [1.82, 2.24) is 4.90 Å². The molecule has 1 aliphatic rings. The number of ether oxygens (including phenoxy) is 2. The highest BCUT2D eigenvalue weighted by atomic mass is 79.9. The number of thioether (sulfide) groups is 1. The predicted molar refractivity (Wildman–Crippen MR) is 102 cm³/mol. The van der Waals surface area contributed by atoms with Gasteiger partial charge in [0.15, 0.2) is 6.61 Å². The molecule has 0 atom stereocenters. The highest BCUT2D eigenvalue weighted by Gasteiger charge is 2.31. The van der Waals surface area contributed by atoms with Gasteiger partial charge in [0.1, 0.15) is 10.1 Å². The molecule has 8 heteroatoms. The van der Waals surface area contributed by atoms with E-state index in [0.717, 1.165) is 12.0 Å². The Balaban J connectivity index is 2.13. The van der Waals surface area contributed by atoms with Crippen molar-refractivity contribution in [3.8, 4) is 5.75 Å². The third kappa shape index (κ3) is 4.58. The normalized spacial score (nSPS) is 16.0. The first kappa shape index (κ1) is 19.0. The maximum absolute atomic E-state index is 12.3. The number of carbonyl (C=O) groups excluding carboxylic acids is 2. The number of nitrogens with zero attached hydrogens (tertiary/aromatic N) is 1. The summed E-state index contributed by atoms with van der Waals surface area (Å²) in [6.07, 6.45) is 2.65. The molecule has 1 fully saturated rings. The SMILES string of the molecule is CCCN1C(=O)/C(=C/c2ccc(OCC(=O)OC)c(Br)c2)SC1=S. The van der Waals surface area contributed by atoms with E-state index in [0.29, 0.717) is 26.0 Å². The number of hydrogen-bond donors (Lipinski definition) is 0. The number of amides is 1. The molecule has 0 radical (unpaired) electrons. The summed E-state index contributed by atoms with van der Waals surface area (Å²) in [6, 6.07) is 5.36. The van der Waals surface area contributed by atoms with Crippen LogP contribution in [0.15, 0.2) is 27.6 Å². The maximum Gasteiger partial charge on any atom is 0.343 e. The number of benzene rings is 1. The first-order chi connectivity index (χ1) is 11.5. The van der Waals surface area contributed by atoms with Crippen LogP contribution in [0.2, 0.25) is 0 Å². The zero-order valence-corrected chi connectivity index (χ0v) is 16.4. The first-order valence-electron chi connectivity index (χ1n) is 7.20. The topological polar surface area (TPSA) is 55.8 Å². The fourth-order valence-corrected chi connectivity index (χ4v) is 3.81. The molecule has 0 aromatic heterocycles. The van der Waals surface area contributed by atoms with E-state index in [9.17, 15) is 9.59 Å². The molecule has 1 aliphatic heterocycles. The Morgan fingerprint density at radius 2 is 2.21 bits per heavy atom. The van der Waals surface area contributed by atoms with E-state index in [2.05, 4.69) is 20.7 Å². The molecule has 1 heterocycles. The first-order valence-corrected chi connectivity index (χ1v) is 9.22. The minimum absolute atomic E-state index is 0.0611. The molecular formula is C16H16BrNO4S2. The summed E-state index contributed by atoms with van der Waals surface area (Å²) < 4.78 is 11.2. The fourth-order valence-electron chi connectivity index (χ4n) is 1.99. The molecule has 1 amide bonds. The van der Waals surface area contributed by atoms with Crippen LogP contribution < -0.4 is 4.74 Å². The molecule has 1 aromatic carbocycles. The average Bonchev–Trinajstić information content (AvgIpc) is 2.81. The van der Waals surface area contributed by atoms with Gasteiger partial charge in [-0.3, -0.25) is 9.69 Å². The molecule has 0 saturated carbocycles. The van der Waals surface area contributed by atoms with Gasteiger partial charge in [-0.25, -0.2) is 4.79 Å². The summed E-state index contributed by atoms with van der Waals surface area (Å²) >= 11 is 9.95. The lowest BCUT2D eigenvalue weighted by molar-refractivity contribution is -0.142. The second-order valence-corrected chi connectivity index (χ2v) is 7.42. The van der Waals surface area contributed by atoms with Crippen LogP contribution in [-0.4, -0.2) is 41.4 Å². The zero-order chi connectivity index (χ0) is 17.7. The second kappa shape index (κ2) is 8.64. The van der Waals surface area contributed by atoms with Gasteiger partial charge in [0.25, 0.3) is 5.91 Å². The van der Waals surface area contributed by atoms with E-state index in [1.807, 2.05) is 19.1 Å². The van der Waals surface area contributed by atoms with Crippen LogP contribution in [0, 0.1) is 0 Å². The third-order valence-electron chi connectivity index (χ3n) is 3.15. The number of hydrogen-bond acceptors (Lipinski definition) is 6. The quantitative estimate of drug-likeness (QED) is 0.391. The van der Waals surface area contributed by atoms with Crippen LogP contribution in [-0.2, 0) is 14.3 Å². The molecule has 0 unspecified atom stereocenters. The van der Waals surface area contributed by atoms with Gasteiger partial charge in [0, 0.05) is 6.54 Å². The van der Waals surface area contributed by atoms with Crippen molar-refractivity contribution in [2.75, 3.05) is 20.3 Å². The van der Waals surface area contributed by atoms with Crippen molar-refractivity contribution in [1.29, 1.82) is 0 Å². The Kier molecular flexibility index (Phi) is 6.82. The number of methoxy groups -OCH3 is 1. The lowest BCUT2D eigenvalue weighted by atomic mass is 10.2. The van der Waals surface area contributed by atoms with E-state index >= 15 is 0 Å². The predicted octanol–water partition coefficient (Wildman–Crippen LogP) is 3.61. The van der Waals surface area contributed by atoms with E-state index < -0.39 is 5.97 Å². The van der Waals surface area contributed by atoms with E-state index in [1.54, 1.807) is 17.0 Å². The van der Waals surface area contributed by atoms with Crippen molar-refractivity contribution < 1.29 is 19.1 Å². The van der Waals surface area contributed by atoms with Crippen molar-refractivity contribution in [2.24, 2.45) is 0 Å². The summed E-state index contributed by atoms with van der Waals surface area (Å²) in [5, 5.41) is 0. The Morgan fingerprint density at radius 1 is 1.46 bits per heavy atom. The van der Waals surface area contributed by atoms with Gasteiger partial charge in [0.2, 0.25) is 0 Å². The van der Waals surface area contributed by atoms with Crippen LogP contribution in [0.5, 0.6) is 5.75 Å². The van der Waals surface area contributed by atoms with Crippen molar-refractivity contribution >= 4 is 62.2 Å². The molecular weight excluding hydrogens is 414 g/mol. The highest BCUT2D eigenvalue weighted by Crippen LogP contribution is 2.34. The highest BCUT2D eigenvalue weighted by molar-refractivity contribution is 9.10. The summed E-state index contributed by atoms with van der Waals surface area (Å²) in [5.74, 6) is 0.00986. The van der Waals surface area contributed by atoms with Crippen LogP contribution in [0.25, 0.3) is 6.08 Å². The summed E-state index contributed by atoms with van der Waals surface area (Å²) in [6.45, 7) is 2.47. The molecule has 0 aliphatic carbocycles. The monoisotopic (exact) mass is 429 g/mol. The standard InChI is InChI=1S/C16H16BrNO4S2/c1-3-6-18-15(20)13(24-16(18)23)8-10-4-5-12(11(17)7-10)22-9-14(19)21-2/h4-5,7-8H,3,6,9H2,1-2H3/b13-8-. The molecule has 24 heavy (non-hydrogen) atoms. The Bertz CT molecular complexity index is 705. The van der Waals surface area contributed by atoms with Gasteiger partial charge in [0.05, 0.1) is 16.5 Å². The third-order valence-corrected chi connectivity index (χ3v) is 5.15. The summed E-state index contributed by atoms with van der Waals surface area (Å²) in [4.78, 5) is 25.7. The minimum Gasteiger partial charge on any atom is -0.481 e. The average molecular weight is 430 g/mol. The Labute approximate surface area is 158 Å². The number of rotatable bonds is 6. The zero-order valence-electron chi connectivity index (χ0n) is 13.2.